The molecule has 0 saturated heterocycles. The van der Waals surface area contributed by atoms with Gasteiger partial charge in [0.2, 0.25) is 0 Å². The van der Waals surface area contributed by atoms with Crippen LogP contribution in [-0.2, 0) is 17.6 Å². The Morgan fingerprint density at radius 1 is 0.871 bits per heavy atom. The third kappa shape index (κ3) is 12.1. The third-order valence-electron chi connectivity index (χ3n) is 6.99. The molecule has 1 nitrogen and oxygen atoms in total. The Labute approximate surface area is 196 Å². The molecule has 0 radical (unpaired) electrons. The molecule has 1 heterocycles. The van der Waals surface area contributed by atoms with Crippen molar-refractivity contribution in [2.45, 2.75) is 137 Å². The molecule has 1 aromatic heterocycles. The van der Waals surface area contributed by atoms with Gasteiger partial charge in [-0.1, -0.05) is 0 Å². The van der Waals surface area contributed by atoms with E-state index in [0.29, 0.717) is 17.5 Å². The molecule has 174 valence electrons. The minimum absolute atomic E-state index is 0.176. The third-order valence-corrected chi connectivity index (χ3v) is 6.99. The summed E-state index contributed by atoms with van der Waals surface area (Å²) in [6.07, 6.45) is 16.9. The number of carbonyl (C=O) groups excluding carboxylic acids is 1. The van der Waals surface area contributed by atoms with E-state index < -0.39 is 0 Å². The maximum absolute atomic E-state index is 13.2. The zero-order valence-electron chi connectivity index (χ0n) is 21.8. The summed E-state index contributed by atoms with van der Waals surface area (Å²) in [6, 6.07) is 4.29. The van der Waals surface area contributed by atoms with Crippen molar-refractivity contribution in [3.63, 3.8) is 0 Å². The van der Waals surface area contributed by atoms with Crippen LogP contribution >= 0.6 is 0 Å². The summed E-state index contributed by atoms with van der Waals surface area (Å²) in [5.41, 5.74) is 3.37. The number of hydrogen-bond acceptors (Lipinski definition) is 1. The van der Waals surface area contributed by atoms with Crippen molar-refractivity contribution in [1.82, 2.24) is 0 Å². The Bertz CT molecular complexity index is 611. The molecule has 0 atom stereocenters. The van der Waals surface area contributed by atoms with E-state index in [1.54, 1.807) is 0 Å². The first-order chi connectivity index (χ1) is 14.7. The molecule has 1 aromatic rings. The molecular formula is C28H50B2O. The van der Waals surface area contributed by atoms with Crippen LogP contribution in [0, 0.1) is 5.41 Å². The standard InChI is InChI=1S/C28H50B2O/c1-7-10-12-14-19-28(6,20-15-13-11-8-2)30-26(31)22-24-17-16-21-29-25(24)23-27(4,5)18-9-3/h16-17,21,30H,7-15,18-20,22-23H2,1-6H3. The average molecular weight is 424 g/mol. The average Bonchev–Trinajstić information content (AvgIpc) is 2.70. The summed E-state index contributed by atoms with van der Waals surface area (Å²) in [6.45, 7) is 16.2. The van der Waals surface area contributed by atoms with Gasteiger partial charge in [0, 0.05) is 0 Å². The number of rotatable bonds is 18. The van der Waals surface area contributed by atoms with E-state index in [1.165, 1.54) is 88.1 Å². The second-order valence-corrected chi connectivity index (χ2v) is 11.2. The normalized spacial score (nSPS) is 12.1. The molecule has 0 aliphatic heterocycles. The molecule has 0 bridgehead atoms. The molecule has 0 spiro atoms. The Kier molecular flexibility index (Phi) is 13.7. The Balaban J connectivity index is 2.79. The molecule has 1 rings (SSSR count). The first-order valence-electron chi connectivity index (χ1n) is 13.3. The van der Waals surface area contributed by atoms with Crippen LogP contribution < -0.4 is 0 Å². The molecule has 0 saturated carbocycles. The van der Waals surface area contributed by atoms with Gasteiger partial charge in [-0.25, -0.2) is 0 Å². The van der Waals surface area contributed by atoms with Crippen LogP contribution in [-0.4, -0.2) is 19.9 Å². The molecule has 0 aromatic carbocycles. The van der Waals surface area contributed by atoms with Crippen LogP contribution in [0.25, 0.3) is 0 Å². The zero-order valence-corrected chi connectivity index (χ0v) is 21.8. The maximum atomic E-state index is 13.2. The Hall–Kier alpha value is -0.850. The predicted octanol–water partition coefficient (Wildman–Crippen LogP) is 8.02. The van der Waals surface area contributed by atoms with Gasteiger partial charge < -0.3 is 0 Å². The van der Waals surface area contributed by atoms with Crippen molar-refractivity contribution in [1.29, 1.82) is 0 Å². The van der Waals surface area contributed by atoms with Gasteiger partial charge in [0.15, 0.2) is 0 Å². The van der Waals surface area contributed by atoms with E-state index in [9.17, 15) is 4.79 Å². The fraction of sp³-hybridized carbons (Fsp3) is 0.786. The van der Waals surface area contributed by atoms with Gasteiger partial charge in [-0.3, -0.25) is 0 Å². The van der Waals surface area contributed by atoms with Crippen LogP contribution in [0.5, 0.6) is 0 Å². The van der Waals surface area contributed by atoms with Crippen molar-refractivity contribution >= 4 is 19.9 Å². The molecule has 3 heteroatoms. The van der Waals surface area contributed by atoms with E-state index in [1.807, 2.05) is 0 Å². The van der Waals surface area contributed by atoms with Gasteiger partial charge in [-0.05, 0) is 0 Å². The monoisotopic (exact) mass is 424 g/mol. The van der Waals surface area contributed by atoms with Crippen LogP contribution in [0.1, 0.15) is 130 Å². The summed E-state index contributed by atoms with van der Waals surface area (Å²) in [4.78, 5) is 13.2. The molecule has 31 heavy (non-hydrogen) atoms. The van der Waals surface area contributed by atoms with Gasteiger partial charge >= 0.3 is 196 Å². The first kappa shape index (κ1) is 28.2. The van der Waals surface area contributed by atoms with Crippen LogP contribution in [0.2, 0.25) is 5.31 Å². The van der Waals surface area contributed by atoms with Gasteiger partial charge in [-0.15, -0.1) is 0 Å². The molecular weight excluding hydrogens is 374 g/mol. The molecule has 0 aliphatic carbocycles. The van der Waals surface area contributed by atoms with Crippen LogP contribution in [0.3, 0.4) is 0 Å². The van der Waals surface area contributed by atoms with E-state index >= 15 is 0 Å². The Morgan fingerprint density at radius 3 is 2.03 bits per heavy atom. The van der Waals surface area contributed by atoms with E-state index in [0.717, 1.165) is 13.7 Å². The second-order valence-electron chi connectivity index (χ2n) is 11.2. The van der Waals surface area contributed by atoms with E-state index in [2.05, 4.69) is 66.5 Å². The molecule has 0 amide bonds. The number of hydrogen-bond donors (Lipinski definition) is 0. The topological polar surface area (TPSA) is 17.1 Å². The zero-order chi connectivity index (χ0) is 23.2. The van der Waals surface area contributed by atoms with Gasteiger partial charge in [0.25, 0.3) is 0 Å². The molecule has 0 fully saturated rings. The summed E-state index contributed by atoms with van der Waals surface area (Å²) in [5.74, 6) is 2.14. The van der Waals surface area contributed by atoms with Crippen molar-refractivity contribution in [2.24, 2.45) is 5.41 Å². The summed E-state index contributed by atoms with van der Waals surface area (Å²) in [5, 5.41) is 0.176. The molecule has 0 unspecified atom stereocenters. The summed E-state index contributed by atoms with van der Waals surface area (Å²) >= 11 is 0. The number of carbonyl (C=O) groups is 1. The van der Waals surface area contributed by atoms with Crippen molar-refractivity contribution in [3.8, 4) is 0 Å². The van der Waals surface area contributed by atoms with Gasteiger partial charge in [0.1, 0.15) is 0 Å². The summed E-state index contributed by atoms with van der Waals surface area (Å²) < 4.78 is 0. The fourth-order valence-electron chi connectivity index (χ4n) is 5.19. The SMILES string of the molecule is CCCCCCC(C)(BC(=O)Cc1cccbc1CC(C)(C)CCC)CCCCCC. The van der Waals surface area contributed by atoms with Crippen molar-refractivity contribution in [2.75, 3.05) is 0 Å². The number of unbranched alkanes of at least 4 members (excludes halogenated alkanes) is 6. The van der Waals surface area contributed by atoms with Crippen molar-refractivity contribution < 1.29 is 4.79 Å². The van der Waals surface area contributed by atoms with E-state index in [4.69, 9.17) is 0 Å². The van der Waals surface area contributed by atoms with Gasteiger partial charge in [0.05, 0.1) is 0 Å². The fourth-order valence-corrected chi connectivity index (χ4v) is 5.19. The molecule has 0 aliphatic rings. The predicted molar refractivity (Wildman–Crippen MR) is 142 cm³/mol. The van der Waals surface area contributed by atoms with Gasteiger partial charge in [-0.2, -0.15) is 0 Å². The molecule has 0 N–H and O–H groups in total. The first-order valence-corrected chi connectivity index (χ1v) is 13.3. The summed E-state index contributed by atoms with van der Waals surface area (Å²) in [7, 11) is 0.748. The second kappa shape index (κ2) is 15.1. The minimum atomic E-state index is 0.176. The van der Waals surface area contributed by atoms with Crippen LogP contribution in [0.4, 0.5) is 0 Å². The Morgan fingerprint density at radius 2 is 1.48 bits per heavy atom. The van der Waals surface area contributed by atoms with E-state index in [-0.39, 0.29) is 5.31 Å². The van der Waals surface area contributed by atoms with Crippen molar-refractivity contribution in [3.05, 3.63) is 29.1 Å². The van der Waals surface area contributed by atoms with Crippen LogP contribution in [0.15, 0.2) is 18.1 Å². The quantitative estimate of drug-likeness (QED) is 0.172.